The Morgan fingerprint density at radius 3 is 2.87 bits per heavy atom. The first kappa shape index (κ1) is 21.3. The van der Waals surface area contributed by atoms with Gasteiger partial charge in [-0.2, -0.15) is 0 Å². The van der Waals surface area contributed by atoms with Crippen LogP contribution in [0.1, 0.15) is 23.0 Å². The molecule has 0 spiro atoms. The van der Waals surface area contributed by atoms with Gasteiger partial charge in [0, 0.05) is 12.0 Å². The predicted octanol–water partition coefficient (Wildman–Crippen LogP) is 1.89. The molecule has 4 atom stereocenters. The van der Waals surface area contributed by atoms with Crippen molar-refractivity contribution in [2.24, 2.45) is 0 Å². The quantitative estimate of drug-likeness (QED) is 0.317. The highest BCUT2D eigenvalue weighted by Gasteiger charge is 2.36. The fourth-order valence-corrected chi connectivity index (χ4v) is 3.85. The number of rotatable bonds is 6. The zero-order chi connectivity index (χ0) is 21.3. The van der Waals surface area contributed by atoms with Gasteiger partial charge in [0.15, 0.2) is 17.0 Å². The third-order valence-corrected chi connectivity index (χ3v) is 5.70. The van der Waals surface area contributed by atoms with Crippen molar-refractivity contribution in [3.8, 4) is 0 Å². The molecule has 2 aromatic heterocycles. The molecule has 1 unspecified atom stereocenters. The number of imidazole rings is 1. The van der Waals surface area contributed by atoms with Crippen LogP contribution in [0.15, 0.2) is 43.0 Å². The SMILES string of the molecule is O=C(Nc1ncnc2c1ncn2[C@H]1C[C@H](O)[C@@H](COP(O)(=S)S)O1)c1ccccc1. The highest BCUT2D eigenvalue weighted by atomic mass is 32.9. The van der Waals surface area contributed by atoms with E-state index < -0.39 is 24.1 Å². The first-order valence-electron chi connectivity index (χ1n) is 8.89. The molecule has 1 fully saturated rings. The minimum Gasteiger partial charge on any atom is -0.390 e. The van der Waals surface area contributed by atoms with Crippen molar-refractivity contribution in [1.82, 2.24) is 19.5 Å². The maximum atomic E-state index is 12.4. The second kappa shape index (κ2) is 8.67. The van der Waals surface area contributed by atoms with Crippen molar-refractivity contribution < 1.29 is 24.1 Å². The van der Waals surface area contributed by atoms with Crippen LogP contribution in [-0.4, -0.2) is 54.2 Å². The van der Waals surface area contributed by atoms with Crippen LogP contribution in [0.5, 0.6) is 0 Å². The molecule has 0 aliphatic carbocycles. The van der Waals surface area contributed by atoms with Crippen LogP contribution in [0.2, 0.25) is 0 Å². The molecule has 0 bridgehead atoms. The van der Waals surface area contributed by atoms with Gasteiger partial charge in [0.25, 0.3) is 5.91 Å². The zero-order valence-corrected chi connectivity index (χ0v) is 18.0. The molecule has 4 rings (SSSR count). The van der Waals surface area contributed by atoms with E-state index in [0.29, 0.717) is 16.7 Å². The average Bonchev–Trinajstić information content (AvgIpc) is 3.30. The minimum absolute atomic E-state index is 0.0884. The van der Waals surface area contributed by atoms with E-state index in [-0.39, 0.29) is 24.8 Å². The number of anilines is 1. The molecule has 10 nitrogen and oxygen atoms in total. The number of aliphatic hydroxyl groups is 1. The van der Waals surface area contributed by atoms with E-state index in [1.165, 1.54) is 12.7 Å². The minimum atomic E-state index is -3.15. The fourth-order valence-electron chi connectivity index (χ4n) is 3.13. The van der Waals surface area contributed by atoms with Crippen molar-refractivity contribution in [1.29, 1.82) is 0 Å². The van der Waals surface area contributed by atoms with Crippen molar-refractivity contribution in [3.05, 3.63) is 48.5 Å². The van der Waals surface area contributed by atoms with Crippen molar-refractivity contribution in [2.75, 3.05) is 11.9 Å². The third-order valence-electron chi connectivity index (χ3n) is 4.55. The highest BCUT2D eigenvalue weighted by Crippen LogP contribution is 2.48. The first-order chi connectivity index (χ1) is 14.3. The van der Waals surface area contributed by atoms with Gasteiger partial charge in [-0.05, 0) is 23.9 Å². The number of carbonyl (C=O) groups is 1. The van der Waals surface area contributed by atoms with Gasteiger partial charge in [0.1, 0.15) is 18.7 Å². The van der Waals surface area contributed by atoms with Crippen molar-refractivity contribution >= 4 is 52.6 Å². The second-order valence-electron chi connectivity index (χ2n) is 6.59. The van der Waals surface area contributed by atoms with Gasteiger partial charge in [-0.1, -0.05) is 30.4 Å². The van der Waals surface area contributed by atoms with Crippen molar-refractivity contribution in [3.63, 3.8) is 0 Å². The summed E-state index contributed by atoms with van der Waals surface area (Å²) in [4.78, 5) is 34.6. The number of amides is 1. The summed E-state index contributed by atoms with van der Waals surface area (Å²) in [6, 6.07) is 8.75. The van der Waals surface area contributed by atoms with Gasteiger partial charge in [-0.25, -0.2) is 15.0 Å². The lowest BCUT2D eigenvalue weighted by Gasteiger charge is -2.17. The summed E-state index contributed by atoms with van der Waals surface area (Å²) in [5, 5.41) is 13.0. The van der Waals surface area contributed by atoms with E-state index in [1.807, 2.05) is 6.07 Å². The largest absolute Gasteiger partial charge is 0.390 e. The van der Waals surface area contributed by atoms with Gasteiger partial charge in [0.05, 0.1) is 19.0 Å². The number of nitrogens with one attached hydrogen (secondary N) is 1. The molecule has 30 heavy (non-hydrogen) atoms. The van der Waals surface area contributed by atoms with Gasteiger partial charge < -0.3 is 24.6 Å². The number of thiol groups is 1. The Morgan fingerprint density at radius 2 is 2.13 bits per heavy atom. The van der Waals surface area contributed by atoms with E-state index in [1.54, 1.807) is 28.8 Å². The van der Waals surface area contributed by atoms with Crippen LogP contribution < -0.4 is 5.32 Å². The Kier molecular flexibility index (Phi) is 6.16. The van der Waals surface area contributed by atoms with Crippen LogP contribution >= 0.6 is 17.9 Å². The van der Waals surface area contributed by atoms with E-state index >= 15 is 0 Å². The van der Waals surface area contributed by atoms with Crippen LogP contribution in [0.3, 0.4) is 0 Å². The monoisotopic (exact) mass is 467 g/mol. The molecule has 0 radical (unpaired) electrons. The zero-order valence-electron chi connectivity index (χ0n) is 15.4. The standard InChI is InChI=1S/C17H18N5O5PS2/c23-11-6-13(27-12(11)7-26-28(25,29)30)22-9-20-14-15(18-8-19-16(14)22)21-17(24)10-4-2-1-3-5-10/h1-5,8-9,11-13,23H,6-7H2,(H2,25,29,30)(H,18,19,21,24)/t11-,12+,13+/m0/s1. The molecule has 3 aromatic rings. The van der Waals surface area contributed by atoms with E-state index in [0.717, 1.165) is 0 Å². The summed E-state index contributed by atoms with van der Waals surface area (Å²) in [6.45, 7) is -0.0884. The Labute approximate surface area is 181 Å². The molecular weight excluding hydrogens is 449 g/mol. The molecule has 1 aromatic carbocycles. The number of carbonyl (C=O) groups excluding carboxylic acids is 1. The maximum Gasteiger partial charge on any atom is 0.256 e. The number of hydrogen-bond acceptors (Lipinski definition) is 8. The number of aromatic nitrogens is 4. The molecule has 3 heterocycles. The summed E-state index contributed by atoms with van der Waals surface area (Å²) >= 11 is 8.53. The summed E-state index contributed by atoms with van der Waals surface area (Å²) in [6.07, 6.45) is 0.996. The van der Waals surface area contributed by atoms with Crippen LogP contribution in [0.4, 0.5) is 5.82 Å². The highest BCUT2D eigenvalue weighted by molar-refractivity contribution is 8.59. The average molecular weight is 467 g/mol. The Morgan fingerprint density at radius 1 is 1.37 bits per heavy atom. The number of nitrogens with zero attached hydrogens (tertiary/aromatic N) is 4. The molecule has 1 saturated heterocycles. The Balaban J connectivity index is 1.54. The van der Waals surface area contributed by atoms with E-state index in [2.05, 4.69) is 32.5 Å². The molecule has 158 valence electrons. The number of aliphatic hydroxyl groups excluding tert-OH is 1. The Bertz CT molecular complexity index is 1110. The fraction of sp³-hybridized carbons (Fsp3) is 0.294. The molecule has 1 amide bonds. The Hall–Kier alpha value is -1.92. The summed E-state index contributed by atoms with van der Waals surface area (Å²) in [5.41, 5.74) is -1.84. The molecule has 1 aliphatic heterocycles. The normalized spacial score (nSPS) is 23.4. The molecule has 0 saturated carbocycles. The first-order valence-corrected chi connectivity index (χ1v) is 12.7. The second-order valence-corrected chi connectivity index (χ2v) is 11.7. The number of ether oxygens (including phenoxy) is 1. The van der Waals surface area contributed by atoms with Gasteiger partial charge in [-0.3, -0.25) is 9.36 Å². The van der Waals surface area contributed by atoms with Crippen LogP contribution in [0, 0.1) is 0 Å². The summed E-state index contributed by atoms with van der Waals surface area (Å²) < 4.78 is 12.6. The van der Waals surface area contributed by atoms with Crippen molar-refractivity contribution in [2.45, 2.75) is 24.9 Å². The van der Waals surface area contributed by atoms with E-state index in [9.17, 15) is 14.8 Å². The summed E-state index contributed by atoms with van der Waals surface area (Å²) in [5.74, 6) is -0.0523. The van der Waals surface area contributed by atoms with E-state index in [4.69, 9.17) is 21.1 Å². The predicted molar refractivity (Wildman–Crippen MR) is 116 cm³/mol. The van der Waals surface area contributed by atoms with Gasteiger partial charge in [0.2, 0.25) is 5.69 Å². The lowest BCUT2D eigenvalue weighted by Crippen LogP contribution is -2.25. The topological polar surface area (TPSA) is 132 Å². The molecule has 1 aliphatic rings. The molecule has 3 N–H and O–H groups in total. The smallest absolute Gasteiger partial charge is 0.256 e. The third kappa shape index (κ3) is 4.70. The maximum absolute atomic E-state index is 12.4. The van der Waals surface area contributed by atoms with Crippen LogP contribution in [-0.2, 0) is 21.1 Å². The molecular formula is C17H18N5O5PS2. The van der Waals surface area contributed by atoms with Gasteiger partial charge in [-0.15, -0.1) is 0 Å². The lowest BCUT2D eigenvalue weighted by molar-refractivity contribution is -0.0373. The lowest BCUT2D eigenvalue weighted by atomic mass is 10.2. The van der Waals surface area contributed by atoms with Gasteiger partial charge >= 0.3 is 0 Å². The van der Waals surface area contributed by atoms with Crippen LogP contribution in [0.25, 0.3) is 11.2 Å². The number of benzene rings is 1. The summed E-state index contributed by atoms with van der Waals surface area (Å²) in [7, 11) is 0. The number of fused-ring (bicyclic) bond motifs is 1. The number of hydrogen-bond donors (Lipinski definition) is 4. The molecule has 13 heteroatoms.